The number of nitrogens with one attached hydrogen (secondary N) is 1. The Morgan fingerprint density at radius 2 is 1.64 bits per heavy atom. The van der Waals surface area contributed by atoms with Crippen LogP contribution < -0.4 is 15.0 Å². The predicted octanol–water partition coefficient (Wildman–Crippen LogP) is 6.92. The summed E-state index contributed by atoms with van der Waals surface area (Å²) in [4.78, 5) is 17.9. The summed E-state index contributed by atoms with van der Waals surface area (Å²) in [5.41, 5.74) is 1.62. The number of piperidine rings is 1. The number of nitrogens with zero attached hydrogens (tertiary/aromatic N) is 4. The molecule has 2 aliphatic heterocycles. The summed E-state index contributed by atoms with van der Waals surface area (Å²) in [6.45, 7) is 8.72. The number of anilines is 2. The van der Waals surface area contributed by atoms with Gasteiger partial charge in [0.05, 0.1) is 9.91 Å². The molecule has 240 valence electrons. The van der Waals surface area contributed by atoms with Crippen LogP contribution in [0.2, 0.25) is 0 Å². The number of thiocarbonyl (C=S) groups is 1. The molecule has 0 radical (unpaired) electrons. The van der Waals surface area contributed by atoms with E-state index in [0.29, 0.717) is 32.5 Å². The number of nitro benzene ring substituents is 1. The predicted molar refractivity (Wildman–Crippen MR) is 174 cm³/mol. The smallest absolute Gasteiger partial charge is 0.423 e. The van der Waals surface area contributed by atoms with Gasteiger partial charge in [0.15, 0.2) is 0 Å². The summed E-state index contributed by atoms with van der Waals surface area (Å²) in [6, 6.07) is 19.7. The average molecular weight is 642 g/mol. The van der Waals surface area contributed by atoms with Gasteiger partial charge in [-0.05, 0) is 61.7 Å². The number of halogens is 3. The molecule has 0 bridgehead atoms. The highest BCUT2D eigenvalue weighted by Gasteiger charge is 2.38. The number of piperazine rings is 1. The number of alkyl halides is 3. The van der Waals surface area contributed by atoms with Crippen LogP contribution in [0.3, 0.4) is 0 Å². The molecule has 45 heavy (non-hydrogen) atoms. The number of rotatable bonds is 10. The summed E-state index contributed by atoms with van der Waals surface area (Å²) < 4.78 is 46.0. The minimum absolute atomic E-state index is 0.0338. The molecule has 0 amide bonds. The number of ether oxygens (including phenoxy) is 1. The number of likely N-dealkylation sites (tertiary alicyclic amines) is 1. The van der Waals surface area contributed by atoms with Crippen molar-refractivity contribution in [3.63, 3.8) is 0 Å². The van der Waals surface area contributed by atoms with Crippen LogP contribution in [0.5, 0.6) is 5.75 Å². The molecule has 8 nitrogen and oxygen atoms in total. The Morgan fingerprint density at radius 3 is 2.27 bits per heavy atom. The van der Waals surface area contributed by atoms with Crippen molar-refractivity contribution in [2.24, 2.45) is 0 Å². The normalized spacial score (nSPS) is 16.4. The van der Waals surface area contributed by atoms with E-state index in [-0.39, 0.29) is 11.7 Å². The highest BCUT2D eigenvalue weighted by molar-refractivity contribution is 7.80. The second kappa shape index (κ2) is 14.5. The molecule has 5 rings (SSSR count). The molecule has 2 fully saturated rings. The zero-order chi connectivity index (χ0) is 32.0. The molecule has 0 spiro atoms. The van der Waals surface area contributed by atoms with Crippen LogP contribution in [-0.4, -0.2) is 71.6 Å². The van der Waals surface area contributed by atoms with Gasteiger partial charge >= 0.3 is 6.18 Å². The van der Waals surface area contributed by atoms with E-state index in [9.17, 15) is 23.3 Å². The maximum Gasteiger partial charge on any atom is 0.423 e. The van der Waals surface area contributed by atoms with Crippen molar-refractivity contribution in [2.45, 2.75) is 45.0 Å². The average Bonchev–Trinajstić information content (AvgIpc) is 3.04. The van der Waals surface area contributed by atoms with E-state index in [1.54, 1.807) is 0 Å². The lowest BCUT2D eigenvalue weighted by atomic mass is 10.0. The van der Waals surface area contributed by atoms with Gasteiger partial charge in [0, 0.05) is 75.7 Å². The summed E-state index contributed by atoms with van der Waals surface area (Å²) >= 11 is 5.75. The maximum atomic E-state index is 13.3. The van der Waals surface area contributed by atoms with Crippen LogP contribution in [0.25, 0.3) is 0 Å². The Morgan fingerprint density at radius 1 is 0.978 bits per heavy atom. The van der Waals surface area contributed by atoms with Crippen LogP contribution in [0.4, 0.5) is 30.2 Å². The first kappa shape index (κ1) is 32.5. The Kier molecular flexibility index (Phi) is 10.4. The Bertz CT molecular complexity index is 1450. The lowest BCUT2D eigenvalue weighted by molar-refractivity contribution is -0.388. The minimum atomic E-state index is -4.80. The lowest BCUT2D eigenvalue weighted by Crippen LogP contribution is -2.48. The number of nitro groups is 1. The van der Waals surface area contributed by atoms with Gasteiger partial charge in [0.2, 0.25) is 0 Å². The molecule has 3 aromatic rings. The van der Waals surface area contributed by atoms with Crippen molar-refractivity contribution in [1.29, 1.82) is 0 Å². The monoisotopic (exact) mass is 641 g/mol. The van der Waals surface area contributed by atoms with E-state index in [1.807, 2.05) is 12.1 Å². The van der Waals surface area contributed by atoms with Crippen molar-refractivity contribution in [3.05, 3.63) is 93.5 Å². The highest BCUT2D eigenvalue weighted by atomic mass is 32.1. The molecule has 3 aromatic carbocycles. The largest absolute Gasteiger partial charge is 0.489 e. The van der Waals surface area contributed by atoms with E-state index in [2.05, 4.69) is 63.3 Å². The van der Waals surface area contributed by atoms with Gasteiger partial charge in [-0.15, -0.1) is 0 Å². The molecule has 0 aliphatic carbocycles. The number of hydrogen-bond donors (Lipinski definition) is 1. The highest BCUT2D eigenvalue weighted by Crippen LogP contribution is 2.38. The van der Waals surface area contributed by atoms with Gasteiger partial charge in [-0.25, -0.2) is 0 Å². The van der Waals surface area contributed by atoms with E-state index >= 15 is 0 Å². The first-order chi connectivity index (χ1) is 21.5. The van der Waals surface area contributed by atoms with Crippen molar-refractivity contribution < 1.29 is 22.8 Å². The van der Waals surface area contributed by atoms with E-state index < -0.39 is 22.4 Å². The Balaban J connectivity index is 1.01. The van der Waals surface area contributed by atoms with Crippen molar-refractivity contribution in [3.8, 4) is 5.75 Å². The fourth-order valence-corrected chi connectivity index (χ4v) is 6.04. The Hall–Kier alpha value is -3.90. The standard InChI is InChI=1S/C33H38F3N5O3S/c1-24-2-4-25(5-3-24)23-44-29-9-7-28(8-10-29)39-20-18-38(19-21-39)15-14-32(45)40-16-12-26(13-17-40)37-27-6-11-31(41(42)43)30(22-27)33(34,35)36/h2-11,22,26,37H,12-21,23H2,1H3. The van der Waals surface area contributed by atoms with Gasteiger partial charge in [-0.1, -0.05) is 42.0 Å². The summed E-state index contributed by atoms with van der Waals surface area (Å²) in [7, 11) is 0. The van der Waals surface area contributed by atoms with Crippen LogP contribution in [0.1, 0.15) is 36.0 Å². The first-order valence-corrected chi connectivity index (χ1v) is 15.6. The van der Waals surface area contributed by atoms with Crippen molar-refractivity contribution in [1.82, 2.24) is 9.80 Å². The Labute approximate surface area is 266 Å². The number of benzene rings is 3. The molecule has 2 heterocycles. The van der Waals surface area contributed by atoms with Crippen LogP contribution in [0.15, 0.2) is 66.7 Å². The maximum absolute atomic E-state index is 13.3. The third-order valence-electron chi connectivity index (χ3n) is 8.46. The molecule has 0 saturated carbocycles. The number of hydrogen-bond acceptors (Lipinski definition) is 7. The molecule has 0 aromatic heterocycles. The second-order valence-corrected chi connectivity index (χ2v) is 12.1. The van der Waals surface area contributed by atoms with Crippen LogP contribution >= 0.6 is 12.2 Å². The molecule has 0 atom stereocenters. The van der Waals surface area contributed by atoms with E-state index in [0.717, 1.165) is 67.6 Å². The minimum Gasteiger partial charge on any atom is -0.489 e. The molecule has 0 unspecified atom stereocenters. The third-order valence-corrected chi connectivity index (χ3v) is 8.92. The van der Waals surface area contributed by atoms with Gasteiger partial charge in [0.1, 0.15) is 17.9 Å². The zero-order valence-electron chi connectivity index (χ0n) is 25.3. The van der Waals surface area contributed by atoms with Crippen LogP contribution in [0, 0.1) is 17.0 Å². The fourth-order valence-electron chi connectivity index (χ4n) is 5.77. The molecule has 1 N–H and O–H groups in total. The fraction of sp³-hybridized carbons (Fsp3) is 0.424. The molecular weight excluding hydrogens is 603 g/mol. The van der Waals surface area contributed by atoms with Gasteiger partial charge in [0.25, 0.3) is 5.69 Å². The quantitative estimate of drug-likeness (QED) is 0.145. The van der Waals surface area contributed by atoms with E-state index in [4.69, 9.17) is 17.0 Å². The number of aryl methyl sites for hydroxylation is 1. The first-order valence-electron chi connectivity index (χ1n) is 15.2. The summed E-state index contributed by atoms with van der Waals surface area (Å²) in [6.07, 6.45) is -2.58. The second-order valence-electron chi connectivity index (χ2n) is 11.6. The zero-order valence-corrected chi connectivity index (χ0v) is 26.1. The lowest BCUT2D eigenvalue weighted by Gasteiger charge is -2.37. The van der Waals surface area contributed by atoms with Gasteiger partial charge in [-0.3, -0.25) is 15.0 Å². The molecule has 2 saturated heterocycles. The topological polar surface area (TPSA) is 74.1 Å². The summed E-state index contributed by atoms with van der Waals surface area (Å²) in [5.74, 6) is 0.855. The van der Waals surface area contributed by atoms with Crippen LogP contribution in [-0.2, 0) is 12.8 Å². The molecule has 2 aliphatic rings. The van der Waals surface area contributed by atoms with Crippen molar-refractivity contribution in [2.75, 3.05) is 56.0 Å². The third kappa shape index (κ3) is 8.85. The molecule has 12 heteroatoms. The van der Waals surface area contributed by atoms with Gasteiger partial charge in [-0.2, -0.15) is 13.2 Å². The van der Waals surface area contributed by atoms with E-state index in [1.165, 1.54) is 17.3 Å². The van der Waals surface area contributed by atoms with Crippen molar-refractivity contribution >= 4 is 34.3 Å². The summed E-state index contributed by atoms with van der Waals surface area (Å²) in [5, 5.41) is 14.2. The van der Waals surface area contributed by atoms with Gasteiger partial charge < -0.3 is 19.9 Å². The SMILES string of the molecule is Cc1ccc(COc2ccc(N3CCN(CCC(=S)N4CCC(Nc5ccc([N+](=O)[O-])c(C(F)(F)F)c5)CC4)CC3)cc2)cc1. The molecular formula is C33H38F3N5O3S.